The summed E-state index contributed by atoms with van der Waals surface area (Å²) in [6, 6.07) is 17.4. The van der Waals surface area contributed by atoms with Crippen LogP contribution in [-0.2, 0) is 14.9 Å². The van der Waals surface area contributed by atoms with Crippen molar-refractivity contribution in [2.75, 3.05) is 13.7 Å². The van der Waals surface area contributed by atoms with Crippen LogP contribution in [0, 0.1) is 0 Å². The molecule has 1 unspecified atom stereocenters. The number of carbonyl (C=O) groups is 1. The highest BCUT2D eigenvalue weighted by Crippen LogP contribution is 2.46. The van der Waals surface area contributed by atoms with Crippen LogP contribution in [0.1, 0.15) is 17.5 Å². The Hall–Kier alpha value is -2.13. The lowest BCUT2D eigenvalue weighted by Gasteiger charge is -2.26. The molecule has 3 nitrogen and oxygen atoms in total. The topological polar surface area (TPSA) is 35.5 Å². The first-order valence-electron chi connectivity index (χ1n) is 6.65. The SMILES string of the molecule is COCCC1(c2ccccc2)C(=O)Oc2ccccc21. The smallest absolute Gasteiger partial charge is 0.326 e. The number of para-hydroxylation sites is 1. The molecule has 0 radical (unpaired) electrons. The molecule has 1 aliphatic rings. The Morgan fingerprint density at radius 1 is 1.05 bits per heavy atom. The average Bonchev–Trinajstić information content (AvgIpc) is 2.79. The van der Waals surface area contributed by atoms with E-state index in [9.17, 15) is 4.79 Å². The highest BCUT2D eigenvalue weighted by atomic mass is 16.5. The van der Waals surface area contributed by atoms with Crippen molar-refractivity contribution in [3.05, 3.63) is 65.7 Å². The summed E-state index contributed by atoms with van der Waals surface area (Å²) in [6.07, 6.45) is 0.573. The maximum atomic E-state index is 12.6. The third-order valence-electron chi connectivity index (χ3n) is 3.85. The van der Waals surface area contributed by atoms with E-state index >= 15 is 0 Å². The van der Waals surface area contributed by atoms with Crippen LogP contribution in [-0.4, -0.2) is 19.7 Å². The molecule has 0 N–H and O–H groups in total. The van der Waals surface area contributed by atoms with Crippen LogP contribution < -0.4 is 4.74 Å². The molecule has 1 aliphatic heterocycles. The van der Waals surface area contributed by atoms with E-state index in [4.69, 9.17) is 9.47 Å². The van der Waals surface area contributed by atoms with Gasteiger partial charge in [-0.25, -0.2) is 0 Å². The van der Waals surface area contributed by atoms with Crippen LogP contribution in [0.15, 0.2) is 54.6 Å². The Morgan fingerprint density at radius 3 is 2.50 bits per heavy atom. The molecular weight excluding hydrogens is 252 g/mol. The zero-order valence-corrected chi connectivity index (χ0v) is 11.3. The Labute approximate surface area is 118 Å². The molecule has 2 aromatic carbocycles. The Balaban J connectivity index is 2.18. The molecular formula is C17H16O3. The standard InChI is InChI=1S/C17H16O3/c1-19-12-11-17(13-7-3-2-4-8-13)14-9-5-6-10-15(14)20-16(17)18/h2-10H,11-12H2,1H3. The van der Waals surface area contributed by atoms with Gasteiger partial charge < -0.3 is 9.47 Å². The summed E-state index contributed by atoms with van der Waals surface area (Å²) in [6.45, 7) is 0.498. The number of rotatable bonds is 4. The van der Waals surface area contributed by atoms with E-state index in [1.165, 1.54) is 0 Å². The van der Waals surface area contributed by atoms with E-state index in [1.54, 1.807) is 7.11 Å². The fourth-order valence-electron chi connectivity index (χ4n) is 2.84. The van der Waals surface area contributed by atoms with Gasteiger partial charge in [0.2, 0.25) is 0 Å². The fourth-order valence-corrected chi connectivity index (χ4v) is 2.84. The quantitative estimate of drug-likeness (QED) is 0.632. The normalized spacial score (nSPS) is 20.6. The van der Waals surface area contributed by atoms with Crippen molar-refractivity contribution in [1.29, 1.82) is 0 Å². The van der Waals surface area contributed by atoms with Crippen molar-refractivity contribution in [1.82, 2.24) is 0 Å². The second-order valence-electron chi connectivity index (χ2n) is 4.90. The van der Waals surface area contributed by atoms with Crippen molar-refractivity contribution < 1.29 is 14.3 Å². The molecule has 0 saturated heterocycles. The molecule has 3 rings (SSSR count). The molecule has 3 heteroatoms. The fraction of sp³-hybridized carbons (Fsp3) is 0.235. The minimum absolute atomic E-state index is 0.220. The van der Waals surface area contributed by atoms with Gasteiger partial charge in [-0.1, -0.05) is 48.5 Å². The van der Waals surface area contributed by atoms with E-state index < -0.39 is 5.41 Å². The number of fused-ring (bicyclic) bond motifs is 1. The predicted octanol–water partition coefficient (Wildman–Crippen LogP) is 2.93. The number of hydrogen-bond acceptors (Lipinski definition) is 3. The van der Waals surface area contributed by atoms with Gasteiger partial charge in [0, 0.05) is 19.3 Å². The van der Waals surface area contributed by atoms with Gasteiger partial charge >= 0.3 is 5.97 Å². The summed E-state index contributed by atoms with van der Waals surface area (Å²) in [5.74, 6) is 0.430. The molecule has 1 heterocycles. The zero-order chi connectivity index (χ0) is 14.0. The number of hydrogen-bond donors (Lipinski definition) is 0. The summed E-state index contributed by atoms with van der Waals surface area (Å²) in [5, 5.41) is 0. The van der Waals surface area contributed by atoms with Gasteiger partial charge in [-0.3, -0.25) is 4.79 Å². The second-order valence-corrected chi connectivity index (χ2v) is 4.90. The lowest BCUT2D eigenvalue weighted by Crippen LogP contribution is -2.36. The van der Waals surface area contributed by atoms with Gasteiger partial charge in [0.15, 0.2) is 0 Å². The molecule has 102 valence electrons. The first-order valence-corrected chi connectivity index (χ1v) is 6.65. The van der Waals surface area contributed by atoms with E-state index in [2.05, 4.69) is 0 Å². The number of carbonyl (C=O) groups excluding carboxylic acids is 1. The van der Waals surface area contributed by atoms with Crippen molar-refractivity contribution in [3.63, 3.8) is 0 Å². The molecule has 20 heavy (non-hydrogen) atoms. The Kier molecular flexibility index (Phi) is 3.28. The molecule has 0 aromatic heterocycles. The van der Waals surface area contributed by atoms with Crippen molar-refractivity contribution in [2.24, 2.45) is 0 Å². The lowest BCUT2D eigenvalue weighted by molar-refractivity contribution is -0.137. The summed E-state index contributed by atoms with van der Waals surface area (Å²) >= 11 is 0. The largest absolute Gasteiger partial charge is 0.425 e. The minimum Gasteiger partial charge on any atom is -0.425 e. The predicted molar refractivity (Wildman–Crippen MR) is 75.8 cm³/mol. The molecule has 0 aliphatic carbocycles. The first-order chi connectivity index (χ1) is 9.79. The van der Waals surface area contributed by atoms with E-state index in [0.29, 0.717) is 18.8 Å². The van der Waals surface area contributed by atoms with Crippen molar-refractivity contribution >= 4 is 5.97 Å². The monoisotopic (exact) mass is 268 g/mol. The summed E-state index contributed by atoms with van der Waals surface area (Å²) in [5.41, 5.74) is 1.12. The van der Waals surface area contributed by atoms with Gasteiger partial charge in [-0.15, -0.1) is 0 Å². The maximum Gasteiger partial charge on any atom is 0.326 e. The third kappa shape index (κ3) is 1.82. The Morgan fingerprint density at radius 2 is 1.75 bits per heavy atom. The van der Waals surface area contributed by atoms with Gasteiger partial charge in [0.05, 0.1) is 0 Å². The van der Waals surface area contributed by atoms with E-state index in [0.717, 1.165) is 11.1 Å². The second kappa shape index (κ2) is 5.10. The average molecular weight is 268 g/mol. The van der Waals surface area contributed by atoms with Crippen LogP contribution in [0.4, 0.5) is 0 Å². The Bertz CT molecular complexity index is 621. The molecule has 1 atom stereocenters. The molecule has 0 fully saturated rings. The maximum absolute atomic E-state index is 12.6. The van der Waals surface area contributed by atoms with Gasteiger partial charge in [0.1, 0.15) is 11.2 Å². The van der Waals surface area contributed by atoms with Crippen LogP contribution in [0.3, 0.4) is 0 Å². The van der Waals surface area contributed by atoms with Gasteiger partial charge in [0.25, 0.3) is 0 Å². The summed E-state index contributed by atoms with van der Waals surface area (Å²) in [4.78, 5) is 12.6. The molecule has 2 aromatic rings. The first kappa shape index (κ1) is 12.9. The van der Waals surface area contributed by atoms with Crippen LogP contribution >= 0.6 is 0 Å². The molecule has 0 amide bonds. The minimum atomic E-state index is -0.756. The summed E-state index contributed by atoms with van der Waals surface area (Å²) in [7, 11) is 1.64. The van der Waals surface area contributed by atoms with Crippen LogP contribution in [0.25, 0.3) is 0 Å². The van der Waals surface area contributed by atoms with Crippen molar-refractivity contribution in [2.45, 2.75) is 11.8 Å². The number of esters is 1. The molecule has 0 spiro atoms. The lowest BCUT2D eigenvalue weighted by atomic mass is 9.73. The van der Waals surface area contributed by atoms with Crippen LogP contribution in [0.5, 0.6) is 5.75 Å². The van der Waals surface area contributed by atoms with E-state index in [-0.39, 0.29) is 5.97 Å². The van der Waals surface area contributed by atoms with Crippen molar-refractivity contribution in [3.8, 4) is 5.75 Å². The number of ether oxygens (including phenoxy) is 2. The summed E-state index contributed by atoms with van der Waals surface area (Å²) < 4.78 is 10.7. The third-order valence-corrected chi connectivity index (χ3v) is 3.85. The van der Waals surface area contributed by atoms with E-state index in [1.807, 2.05) is 54.6 Å². The highest BCUT2D eigenvalue weighted by molar-refractivity contribution is 5.94. The van der Waals surface area contributed by atoms with Gasteiger partial charge in [-0.05, 0) is 18.1 Å². The highest BCUT2D eigenvalue weighted by Gasteiger charge is 2.49. The molecule has 0 saturated carbocycles. The zero-order valence-electron chi connectivity index (χ0n) is 11.3. The molecule has 0 bridgehead atoms. The number of benzene rings is 2. The van der Waals surface area contributed by atoms with Gasteiger partial charge in [-0.2, -0.15) is 0 Å². The van der Waals surface area contributed by atoms with Crippen LogP contribution in [0.2, 0.25) is 0 Å². The number of methoxy groups -OCH3 is 1.